The Morgan fingerprint density at radius 1 is 1.14 bits per heavy atom. The van der Waals surface area contributed by atoms with Crippen LogP contribution in [0.1, 0.15) is 27.0 Å². The lowest BCUT2D eigenvalue weighted by Gasteiger charge is -2.04. The number of aryl methyl sites for hydroxylation is 2. The number of nitro groups is 1. The average molecular weight is 297 g/mol. The fraction of sp³-hybridized carbons (Fsp3) is 0.118. The molecular weight excluding hydrogens is 282 g/mol. The van der Waals surface area contributed by atoms with Crippen LogP contribution in [0.5, 0.6) is 5.75 Å². The number of nitrogens with zero attached hydrogens (tertiary/aromatic N) is 1. The van der Waals surface area contributed by atoms with E-state index >= 15 is 0 Å². The standard InChI is InChI=1S/C17H15NO4/c1-11-9-13(10-12(2)17(11)20)3-8-16(19)14-4-6-15(7-5-14)18(21)22/h3-10,20H,1-2H3/b8-3+. The summed E-state index contributed by atoms with van der Waals surface area (Å²) in [6.07, 6.45) is 3.07. The zero-order valence-corrected chi connectivity index (χ0v) is 12.2. The summed E-state index contributed by atoms with van der Waals surface area (Å²) < 4.78 is 0. The van der Waals surface area contributed by atoms with Gasteiger partial charge in [-0.2, -0.15) is 0 Å². The van der Waals surface area contributed by atoms with Gasteiger partial charge in [0, 0.05) is 17.7 Å². The van der Waals surface area contributed by atoms with Gasteiger partial charge in [-0.25, -0.2) is 0 Å². The molecule has 2 rings (SSSR count). The van der Waals surface area contributed by atoms with Gasteiger partial charge in [-0.3, -0.25) is 14.9 Å². The fourth-order valence-electron chi connectivity index (χ4n) is 2.10. The van der Waals surface area contributed by atoms with E-state index in [-0.39, 0.29) is 17.2 Å². The molecule has 0 fully saturated rings. The number of benzene rings is 2. The second kappa shape index (κ2) is 6.22. The topological polar surface area (TPSA) is 80.4 Å². The van der Waals surface area contributed by atoms with Crippen molar-refractivity contribution in [2.75, 3.05) is 0 Å². The number of phenolic OH excluding ortho intramolecular Hbond substituents is 1. The maximum atomic E-state index is 12.0. The number of non-ortho nitro benzene ring substituents is 1. The number of phenols is 1. The lowest BCUT2D eigenvalue weighted by molar-refractivity contribution is -0.384. The Hall–Kier alpha value is -2.95. The van der Waals surface area contributed by atoms with Crippen molar-refractivity contribution in [3.63, 3.8) is 0 Å². The number of ketones is 1. The van der Waals surface area contributed by atoms with Crippen LogP contribution < -0.4 is 0 Å². The molecular formula is C17H15NO4. The fourth-order valence-corrected chi connectivity index (χ4v) is 2.10. The number of carbonyl (C=O) groups excluding carboxylic acids is 1. The van der Waals surface area contributed by atoms with E-state index in [9.17, 15) is 20.0 Å². The van der Waals surface area contributed by atoms with E-state index in [2.05, 4.69) is 0 Å². The highest BCUT2D eigenvalue weighted by molar-refractivity contribution is 6.06. The van der Waals surface area contributed by atoms with E-state index in [1.807, 2.05) is 0 Å². The van der Waals surface area contributed by atoms with Crippen LogP contribution in [-0.2, 0) is 0 Å². The van der Waals surface area contributed by atoms with Gasteiger partial charge in [0.2, 0.25) is 0 Å². The molecule has 0 aliphatic heterocycles. The molecule has 5 heteroatoms. The number of aromatic hydroxyl groups is 1. The summed E-state index contributed by atoms with van der Waals surface area (Å²) in [6.45, 7) is 3.58. The van der Waals surface area contributed by atoms with E-state index in [1.165, 1.54) is 30.3 Å². The van der Waals surface area contributed by atoms with Gasteiger partial charge in [-0.05, 0) is 60.9 Å². The maximum Gasteiger partial charge on any atom is 0.269 e. The van der Waals surface area contributed by atoms with Crippen LogP contribution in [0.4, 0.5) is 5.69 Å². The number of carbonyl (C=O) groups is 1. The number of allylic oxidation sites excluding steroid dienone is 1. The summed E-state index contributed by atoms with van der Waals surface area (Å²) in [5.74, 6) is 0.0112. The van der Waals surface area contributed by atoms with Crippen LogP contribution in [0, 0.1) is 24.0 Å². The van der Waals surface area contributed by atoms with Gasteiger partial charge in [0.1, 0.15) is 5.75 Å². The molecule has 2 aromatic carbocycles. The van der Waals surface area contributed by atoms with Crippen molar-refractivity contribution in [2.45, 2.75) is 13.8 Å². The summed E-state index contributed by atoms with van der Waals surface area (Å²) in [6, 6.07) is 9.02. The van der Waals surface area contributed by atoms with E-state index < -0.39 is 4.92 Å². The number of nitro benzene ring substituents is 1. The van der Waals surface area contributed by atoms with Crippen molar-refractivity contribution in [1.29, 1.82) is 0 Å². The zero-order chi connectivity index (χ0) is 16.3. The summed E-state index contributed by atoms with van der Waals surface area (Å²) in [4.78, 5) is 22.1. The van der Waals surface area contributed by atoms with Crippen molar-refractivity contribution in [3.8, 4) is 5.75 Å². The van der Waals surface area contributed by atoms with Gasteiger partial charge < -0.3 is 5.11 Å². The molecule has 0 spiro atoms. The van der Waals surface area contributed by atoms with E-state index in [1.54, 1.807) is 32.1 Å². The molecule has 0 amide bonds. The Balaban J connectivity index is 2.19. The Bertz CT molecular complexity index is 738. The van der Waals surface area contributed by atoms with Crippen LogP contribution in [0.3, 0.4) is 0 Å². The molecule has 0 radical (unpaired) electrons. The minimum absolute atomic E-state index is 0.0506. The first-order valence-electron chi connectivity index (χ1n) is 6.65. The summed E-state index contributed by atoms with van der Waals surface area (Å²) in [7, 11) is 0. The molecule has 2 aromatic rings. The third kappa shape index (κ3) is 3.38. The van der Waals surface area contributed by atoms with Gasteiger partial charge in [-0.15, -0.1) is 0 Å². The minimum atomic E-state index is -0.508. The molecule has 112 valence electrons. The first-order valence-corrected chi connectivity index (χ1v) is 6.65. The molecule has 5 nitrogen and oxygen atoms in total. The van der Waals surface area contributed by atoms with Crippen LogP contribution >= 0.6 is 0 Å². The minimum Gasteiger partial charge on any atom is -0.507 e. The predicted octanol–water partition coefficient (Wildman–Crippen LogP) is 3.81. The molecule has 0 bridgehead atoms. The van der Waals surface area contributed by atoms with Crippen LogP contribution in [0.25, 0.3) is 6.08 Å². The second-order valence-corrected chi connectivity index (χ2v) is 5.00. The van der Waals surface area contributed by atoms with Crippen LogP contribution in [0.2, 0.25) is 0 Å². The van der Waals surface area contributed by atoms with Crippen LogP contribution in [-0.4, -0.2) is 15.8 Å². The van der Waals surface area contributed by atoms with Crippen molar-refractivity contribution >= 4 is 17.5 Å². The summed E-state index contributed by atoms with van der Waals surface area (Å²) >= 11 is 0. The van der Waals surface area contributed by atoms with Gasteiger partial charge in [0.15, 0.2) is 5.78 Å². The molecule has 0 unspecified atom stereocenters. The van der Waals surface area contributed by atoms with Crippen molar-refractivity contribution < 1.29 is 14.8 Å². The van der Waals surface area contributed by atoms with Crippen molar-refractivity contribution in [3.05, 3.63) is 74.8 Å². The lowest BCUT2D eigenvalue weighted by atomic mass is 10.0. The van der Waals surface area contributed by atoms with Crippen molar-refractivity contribution in [1.82, 2.24) is 0 Å². The quantitative estimate of drug-likeness (QED) is 0.402. The third-order valence-corrected chi connectivity index (χ3v) is 3.30. The molecule has 0 aromatic heterocycles. The van der Waals surface area contributed by atoms with Crippen LogP contribution in [0.15, 0.2) is 42.5 Å². The first kappa shape index (κ1) is 15.4. The van der Waals surface area contributed by atoms with Crippen molar-refractivity contribution in [2.24, 2.45) is 0 Å². The van der Waals surface area contributed by atoms with Gasteiger partial charge in [0.05, 0.1) is 4.92 Å². The van der Waals surface area contributed by atoms with E-state index in [4.69, 9.17) is 0 Å². The number of hydrogen-bond donors (Lipinski definition) is 1. The Morgan fingerprint density at radius 3 is 2.18 bits per heavy atom. The largest absolute Gasteiger partial charge is 0.507 e. The Morgan fingerprint density at radius 2 is 1.68 bits per heavy atom. The molecule has 0 heterocycles. The predicted molar refractivity (Wildman–Crippen MR) is 84.0 cm³/mol. The highest BCUT2D eigenvalue weighted by atomic mass is 16.6. The molecule has 0 aliphatic rings. The summed E-state index contributed by atoms with van der Waals surface area (Å²) in [5.41, 5.74) is 2.62. The maximum absolute atomic E-state index is 12.0. The highest BCUT2D eigenvalue weighted by Crippen LogP contribution is 2.23. The van der Waals surface area contributed by atoms with Gasteiger partial charge >= 0.3 is 0 Å². The SMILES string of the molecule is Cc1cc(/C=C/C(=O)c2ccc([N+](=O)[O-])cc2)cc(C)c1O. The molecule has 1 N–H and O–H groups in total. The van der Waals surface area contributed by atoms with E-state index in [0.717, 1.165) is 16.7 Å². The monoisotopic (exact) mass is 297 g/mol. The summed E-state index contributed by atoms with van der Waals surface area (Å²) in [5, 5.41) is 20.3. The molecule has 0 saturated carbocycles. The van der Waals surface area contributed by atoms with Gasteiger partial charge in [-0.1, -0.05) is 6.08 Å². The molecule has 0 saturated heterocycles. The third-order valence-electron chi connectivity index (χ3n) is 3.30. The molecule has 22 heavy (non-hydrogen) atoms. The highest BCUT2D eigenvalue weighted by Gasteiger charge is 2.07. The first-order chi connectivity index (χ1) is 10.4. The second-order valence-electron chi connectivity index (χ2n) is 5.00. The van der Waals surface area contributed by atoms with E-state index in [0.29, 0.717) is 5.56 Å². The number of hydrogen-bond acceptors (Lipinski definition) is 4. The Kier molecular flexibility index (Phi) is 4.36. The smallest absolute Gasteiger partial charge is 0.269 e. The molecule has 0 atom stereocenters. The number of rotatable bonds is 4. The average Bonchev–Trinajstić information content (AvgIpc) is 2.50. The Labute approximate surface area is 127 Å². The molecule has 0 aliphatic carbocycles. The van der Waals surface area contributed by atoms with Gasteiger partial charge in [0.25, 0.3) is 5.69 Å². The zero-order valence-electron chi connectivity index (χ0n) is 12.2. The normalized spacial score (nSPS) is 10.8. The lowest BCUT2D eigenvalue weighted by Crippen LogP contribution is -1.95.